The highest BCUT2D eigenvalue weighted by Crippen LogP contribution is 2.46. The Labute approximate surface area is 241 Å². The van der Waals surface area contributed by atoms with Crippen molar-refractivity contribution < 1.29 is 24.5 Å². The van der Waals surface area contributed by atoms with Gasteiger partial charge < -0.3 is 24.7 Å². The minimum atomic E-state index is -2.40. The van der Waals surface area contributed by atoms with Crippen molar-refractivity contribution in [1.29, 1.82) is 0 Å². The van der Waals surface area contributed by atoms with Gasteiger partial charge in [0.1, 0.15) is 5.75 Å². The average Bonchev–Trinajstić information content (AvgIpc) is 3.09. The van der Waals surface area contributed by atoms with Crippen LogP contribution in [0.4, 0.5) is 5.69 Å². The van der Waals surface area contributed by atoms with Crippen LogP contribution in [0.3, 0.4) is 0 Å². The second kappa shape index (κ2) is 11.5. The number of carboxylic acids is 1. The van der Waals surface area contributed by atoms with Gasteiger partial charge in [0, 0.05) is 37.1 Å². The maximum atomic E-state index is 13.3. The summed E-state index contributed by atoms with van der Waals surface area (Å²) in [5, 5.41) is 22.7. The van der Waals surface area contributed by atoms with Crippen LogP contribution in [0.15, 0.2) is 48.6 Å². The van der Waals surface area contributed by atoms with Crippen LogP contribution >= 0.6 is 11.6 Å². The SMILES string of the molecule is C[C@@H]1C(=O)N(C)C/C=C/CCCCCN2C[C@@]3(CCCc4cc(Cl)ccc43)COc3ccc(cc32)[C@]1(O)C(=O)O. The number of anilines is 1. The van der Waals surface area contributed by atoms with E-state index in [0.29, 0.717) is 25.4 Å². The van der Waals surface area contributed by atoms with Gasteiger partial charge in [-0.1, -0.05) is 42.3 Å². The van der Waals surface area contributed by atoms with Gasteiger partial charge in [-0.3, -0.25) is 4.79 Å². The van der Waals surface area contributed by atoms with Crippen molar-refractivity contribution >= 4 is 29.2 Å². The Bertz CT molecular complexity index is 1310. The Kier molecular flexibility index (Phi) is 8.16. The fourth-order valence-electron chi connectivity index (χ4n) is 6.64. The number of ether oxygens (including phenoxy) is 1. The number of nitrogens with zero attached hydrogens (tertiary/aromatic N) is 2. The van der Waals surface area contributed by atoms with Gasteiger partial charge in [0.15, 0.2) is 5.60 Å². The molecule has 0 saturated heterocycles. The van der Waals surface area contributed by atoms with Crippen molar-refractivity contribution in [3.05, 3.63) is 70.3 Å². The second-order valence-electron chi connectivity index (χ2n) is 11.7. The van der Waals surface area contributed by atoms with Gasteiger partial charge in [0.2, 0.25) is 5.91 Å². The quantitative estimate of drug-likeness (QED) is 0.455. The molecule has 2 aromatic rings. The Balaban J connectivity index is 1.60. The summed E-state index contributed by atoms with van der Waals surface area (Å²) in [5.41, 5.74) is 0.817. The van der Waals surface area contributed by atoms with E-state index in [2.05, 4.69) is 23.1 Å². The number of hydrogen-bond donors (Lipinski definition) is 2. The highest BCUT2D eigenvalue weighted by Gasteiger charge is 2.49. The fourth-order valence-corrected chi connectivity index (χ4v) is 6.83. The third kappa shape index (κ3) is 5.21. The zero-order chi connectivity index (χ0) is 28.5. The number of benzene rings is 2. The van der Waals surface area contributed by atoms with E-state index >= 15 is 0 Å². The van der Waals surface area contributed by atoms with Gasteiger partial charge in [-0.15, -0.1) is 0 Å². The number of fused-ring (bicyclic) bond motifs is 3. The lowest BCUT2D eigenvalue weighted by atomic mass is 9.70. The molecule has 2 bridgehead atoms. The smallest absolute Gasteiger partial charge is 0.341 e. The van der Waals surface area contributed by atoms with Crippen LogP contribution in [-0.2, 0) is 27.0 Å². The van der Waals surface area contributed by atoms with E-state index in [4.69, 9.17) is 16.3 Å². The molecule has 40 heavy (non-hydrogen) atoms. The number of carbonyl (C=O) groups excluding carboxylic acids is 1. The van der Waals surface area contributed by atoms with E-state index < -0.39 is 23.4 Å². The molecule has 214 valence electrons. The Morgan fingerprint density at radius 1 is 1.10 bits per heavy atom. The molecule has 3 atom stereocenters. The molecule has 0 aromatic heterocycles. The maximum absolute atomic E-state index is 13.3. The number of likely N-dealkylation sites (N-methyl/N-ethyl adjacent to an activating group) is 1. The van der Waals surface area contributed by atoms with Crippen molar-refractivity contribution in [2.24, 2.45) is 5.92 Å². The van der Waals surface area contributed by atoms with Gasteiger partial charge in [-0.2, -0.15) is 0 Å². The minimum Gasteiger partial charge on any atom is -0.490 e. The highest BCUT2D eigenvalue weighted by molar-refractivity contribution is 6.30. The molecule has 1 amide bonds. The van der Waals surface area contributed by atoms with Gasteiger partial charge in [0.25, 0.3) is 0 Å². The Morgan fingerprint density at radius 3 is 2.73 bits per heavy atom. The molecule has 5 rings (SSSR count). The lowest BCUT2D eigenvalue weighted by Gasteiger charge is -2.41. The van der Waals surface area contributed by atoms with Crippen LogP contribution in [0, 0.1) is 5.92 Å². The van der Waals surface area contributed by atoms with Crippen molar-refractivity contribution in [3.8, 4) is 5.75 Å². The molecule has 8 heteroatoms. The van der Waals surface area contributed by atoms with E-state index in [1.54, 1.807) is 25.2 Å². The third-order valence-electron chi connectivity index (χ3n) is 9.02. The first-order valence-corrected chi connectivity index (χ1v) is 14.7. The van der Waals surface area contributed by atoms with Crippen molar-refractivity contribution in [1.82, 2.24) is 4.90 Å². The molecule has 7 nitrogen and oxygen atoms in total. The first kappa shape index (κ1) is 28.5. The Hall–Kier alpha value is -3.03. The normalized spacial score (nSPS) is 28.4. The minimum absolute atomic E-state index is 0.177. The number of hydrogen-bond acceptors (Lipinski definition) is 5. The molecule has 2 aromatic carbocycles. The van der Waals surface area contributed by atoms with E-state index in [-0.39, 0.29) is 11.0 Å². The number of carbonyl (C=O) groups is 2. The van der Waals surface area contributed by atoms with Gasteiger partial charge >= 0.3 is 5.97 Å². The number of carboxylic acid groups (broad SMARTS) is 1. The van der Waals surface area contributed by atoms with E-state index in [9.17, 15) is 19.8 Å². The monoisotopic (exact) mass is 566 g/mol. The summed E-state index contributed by atoms with van der Waals surface area (Å²) in [5.74, 6) is -2.42. The summed E-state index contributed by atoms with van der Waals surface area (Å²) in [6.07, 6.45) is 11.0. The van der Waals surface area contributed by atoms with Crippen molar-refractivity contribution in [2.75, 3.05) is 38.2 Å². The number of aliphatic hydroxyl groups is 1. The lowest BCUT2D eigenvalue weighted by molar-refractivity contribution is -0.172. The fraction of sp³-hybridized carbons (Fsp3) is 0.500. The van der Waals surface area contributed by atoms with Crippen LogP contribution in [-0.4, -0.2) is 60.3 Å². The summed E-state index contributed by atoms with van der Waals surface area (Å²) in [4.78, 5) is 29.7. The van der Waals surface area contributed by atoms with Crippen LogP contribution in [0.1, 0.15) is 62.1 Å². The molecular weight excluding hydrogens is 528 g/mol. The summed E-state index contributed by atoms with van der Waals surface area (Å²) in [6.45, 7) is 3.83. The number of aryl methyl sites for hydroxylation is 1. The van der Waals surface area contributed by atoms with Gasteiger partial charge in [0.05, 0.1) is 18.2 Å². The van der Waals surface area contributed by atoms with Crippen molar-refractivity contribution in [3.63, 3.8) is 0 Å². The molecule has 2 heterocycles. The number of amides is 1. The third-order valence-corrected chi connectivity index (χ3v) is 9.26. The predicted molar refractivity (Wildman–Crippen MR) is 156 cm³/mol. The number of halogens is 1. The molecular formula is C32H39ClN2O5. The molecule has 3 aliphatic rings. The molecule has 0 radical (unpaired) electrons. The lowest BCUT2D eigenvalue weighted by Crippen LogP contribution is -2.49. The summed E-state index contributed by atoms with van der Waals surface area (Å²) in [6, 6.07) is 11.2. The molecule has 1 aliphatic carbocycles. The molecule has 0 saturated carbocycles. The summed E-state index contributed by atoms with van der Waals surface area (Å²) < 4.78 is 6.50. The first-order chi connectivity index (χ1) is 19.2. The topological polar surface area (TPSA) is 90.3 Å². The molecule has 2 aliphatic heterocycles. The molecule has 1 spiro atoms. The van der Waals surface area contributed by atoms with Crippen LogP contribution in [0.2, 0.25) is 5.02 Å². The summed E-state index contributed by atoms with van der Waals surface area (Å²) >= 11 is 6.36. The first-order valence-electron chi connectivity index (χ1n) is 14.3. The van der Waals surface area contributed by atoms with E-state index in [0.717, 1.165) is 62.2 Å². The van der Waals surface area contributed by atoms with Crippen LogP contribution in [0.5, 0.6) is 5.75 Å². The maximum Gasteiger partial charge on any atom is 0.341 e. The van der Waals surface area contributed by atoms with Crippen LogP contribution in [0.25, 0.3) is 0 Å². The summed E-state index contributed by atoms with van der Waals surface area (Å²) in [7, 11) is 1.63. The van der Waals surface area contributed by atoms with Crippen LogP contribution < -0.4 is 9.64 Å². The largest absolute Gasteiger partial charge is 0.490 e. The Morgan fingerprint density at radius 2 is 1.93 bits per heavy atom. The standard InChI is InChI=1S/C32H39ClN2O5/c1-22-29(36)34(2)16-7-5-3-4-6-8-17-35-20-31(15-9-10-23-18-25(33)12-13-26(23)31)21-40-28-14-11-24(19-27(28)35)32(22,39)30(37)38/h5,7,11-14,18-19,22,39H,3-4,6,8-10,15-17,20-21H2,1-2H3,(H,37,38)/b7-5+/t22-,31+,32+/m1/s1. The molecule has 2 N–H and O–H groups in total. The van der Waals surface area contributed by atoms with Crippen molar-refractivity contribution in [2.45, 2.75) is 62.9 Å². The van der Waals surface area contributed by atoms with Gasteiger partial charge in [-0.25, -0.2) is 4.79 Å². The zero-order valence-corrected chi connectivity index (χ0v) is 24.1. The average molecular weight is 567 g/mol. The zero-order valence-electron chi connectivity index (χ0n) is 23.4. The van der Waals surface area contributed by atoms with Gasteiger partial charge in [-0.05, 0) is 86.4 Å². The number of allylic oxidation sites excluding steroid dienone is 1. The van der Waals surface area contributed by atoms with E-state index in [1.165, 1.54) is 23.0 Å². The molecule has 0 unspecified atom stereocenters. The second-order valence-corrected chi connectivity index (χ2v) is 12.1. The number of aliphatic carboxylic acids is 1. The highest BCUT2D eigenvalue weighted by atomic mass is 35.5. The molecule has 0 fully saturated rings. The van der Waals surface area contributed by atoms with E-state index in [1.807, 2.05) is 12.1 Å². The number of rotatable bonds is 1. The predicted octanol–water partition coefficient (Wildman–Crippen LogP) is 5.31.